The van der Waals surface area contributed by atoms with Crippen LogP contribution in [0.5, 0.6) is 0 Å². The second kappa shape index (κ2) is 5.51. The number of rotatable bonds is 5. The van der Waals surface area contributed by atoms with Crippen LogP contribution in [0.4, 0.5) is 10.1 Å². The highest BCUT2D eigenvalue weighted by Crippen LogP contribution is 2.15. The van der Waals surface area contributed by atoms with Crippen LogP contribution in [0, 0.1) is 5.82 Å². The molecular weight excluding hydrogens is 247 g/mol. The van der Waals surface area contributed by atoms with Crippen molar-refractivity contribution in [1.29, 1.82) is 0 Å². The molecule has 0 aliphatic rings. The summed E-state index contributed by atoms with van der Waals surface area (Å²) in [5, 5.41) is 3.11. The molecule has 0 aliphatic carbocycles. The largest absolute Gasteiger partial charge is 0.379 e. The number of nitrogens with zero attached hydrogens (tertiary/aromatic N) is 2. The van der Waals surface area contributed by atoms with Crippen LogP contribution in [-0.2, 0) is 13.1 Å². The topological polar surface area (TPSA) is 72.9 Å². The van der Waals surface area contributed by atoms with Crippen molar-refractivity contribution in [2.45, 2.75) is 20.0 Å². The average molecular weight is 262 g/mol. The summed E-state index contributed by atoms with van der Waals surface area (Å²) in [5.74, 6) is -1.39. The molecule has 1 aromatic carbocycles. The number of primary amides is 1. The second-order valence-corrected chi connectivity index (χ2v) is 4.08. The van der Waals surface area contributed by atoms with Crippen LogP contribution >= 0.6 is 0 Å². The molecule has 3 N–H and O–H groups in total. The minimum Gasteiger partial charge on any atom is -0.379 e. The lowest BCUT2D eigenvalue weighted by Gasteiger charge is -2.09. The summed E-state index contributed by atoms with van der Waals surface area (Å²) in [6.45, 7) is 3.39. The number of aryl methyl sites for hydroxylation is 1. The first kappa shape index (κ1) is 13.1. The maximum Gasteiger partial charge on any atom is 0.251 e. The van der Waals surface area contributed by atoms with Crippen molar-refractivity contribution in [2.24, 2.45) is 5.73 Å². The summed E-state index contributed by atoms with van der Waals surface area (Å²) in [6, 6.07) is 4.19. The molecule has 0 radical (unpaired) electrons. The Morgan fingerprint density at radius 2 is 2.32 bits per heavy atom. The normalized spacial score (nSPS) is 10.4. The Hall–Kier alpha value is -2.37. The van der Waals surface area contributed by atoms with Crippen LogP contribution in [0.2, 0.25) is 0 Å². The summed E-state index contributed by atoms with van der Waals surface area (Å²) in [5.41, 5.74) is 6.63. The zero-order valence-corrected chi connectivity index (χ0v) is 10.6. The van der Waals surface area contributed by atoms with Crippen molar-refractivity contribution in [3.05, 3.63) is 47.8 Å². The van der Waals surface area contributed by atoms with Gasteiger partial charge in [0.25, 0.3) is 5.91 Å². The van der Waals surface area contributed by atoms with Crippen LogP contribution in [0.25, 0.3) is 0 Å². The molecule has 2 aromatic rings. The van der Waals surface area contributed by atoms with Gasteiger partial charge >= 0.3 is 0 Å². The lowest BCUT2D eigenvalue weighted by Crippen LogP contribution is -2.14. The number of carbonyl (C=O) groups excluding carboxylic acids is 1. The monoisotopic (exact) mass is 262 g/mol. The molecule has 6 heteroatoms. The molecule has 5 nitrogen and oxygen atoms in total. The molecule has 100 valence electrons. The molecule has 0 bridgehead atoms. The molecule has 1 amide bonds. The Kier molecular flexibility index (Phi) is 3.79. The summed E-state index contributed by atoms with van der Waals surface area (Å²) in [6.07, 6.45) is 3.51. The van der Waals surface area contributed by atoms with Gasteiger partial charge in [-0.15, -0.1) is 0 Å². The minimum absolute atomic E-state index is 0.117. The van der Waals surface area contributed by atoms with Crippen molar-refractivity contribution >= 4 is 11.6 Å². The third-order valence-electron chi connectivity index (χ3n) is 2.84. The van der Waals surface area contributed by atoms with Gasteiger partial charge in [-0.05, 0) is 25.1 Å². The van der Waals surface area contributed by atoms with E-state index >= 15 is 0 Å². The van der Waals surface area contributed by atoms with E-state index in [1.54, 1.807) is 18.6 Å². The van der Waals surface area contributed by atoms with E-state index in [-0.39, 0.29) is 5.56 Å². The van der Waals surface area contributed by atoms with Gasteiger partial charge in [-0.1, -0.05) is 0 Å². The number of benzene rings is 1. The van der Waals surface area contributed by atoms with E-state index in [9.17, 15) is 9.18 Å². The van der Waals surface area contributed by atoms with E-state index in [0.717, 1.165) is 12.2 Å². The molecule has 1 aromatic heterocycles. The molecule has 0 unspecified atom stereocenters. The van der Waals surface area contributed by atoms with Crippen molar-refractivity contribution in [3.8, 4) is 0 Å². The van der Waals surface area contributed by atoms with E-state index < -0.39 is 11.7 Å². The van der Waals surface area contributed by atoms with Gasteiger partial charge in [0.15, 0.2) is 0 Å². The first-order chi connectivity index (χ1) is 9.11. The van der Waals surface area contributed by atoms with Crippen LogP contribution in [0.3, 0.4) is 0 Å². The van der Waals surface area contributed by atoms with E-state index in [1.165, 1.54) is 12.1 Å². The quantitative estimate of drug-likeness (QED) is 0.862. The molecule has 0 spiro atoms. The number of hydrogen-bond acceptors (Lipinski definition) is 3. The van der Waals surface area contributed by atoms with Gasteiger partial charge in [0.2, 0.25) is 0 Å². The zero-order valence-electron chi connectivity index (χ0n) is 10.6. The number of aromatic nitrogens is 2. The number of carbonyl (C=O) groups is 1. The number of hydrogen-bond donors (Lipinski definition) is 2. The fraction of sp³-hybridized carbons (Fsp3) is 0.231. The highest BCUT2D eigenvalue weighted by atomic mass is 19.1. The Morgan fingerprint density at radius 3 is 3.00 bits per heavy atom. The van der Waals surface area contributed by atoms with Gasteiger partial charge in [0.1, 0.15) is 5.82 Å². The fourth-order valence-electron chi connectivity index (χ4n) is 1.80. The Balaban J connectivity index is 2.12. The lowest BCUT2D eigenvalue weighted by atomic mass is 10.2. The summed E-state index contributed by atoms with van der Waals surface area (Å²) >= 11 is 0. The van der Waals surface area contributed by atoms with E-state index in [1.807, 2.05) is 11.5 Å². The van der Waals surface area contributed by atoms with Gasteiger partial charge in [0.05, 0.1) is 24.1 Å². The lowest BCUT2D eigenvalue weighted by molar-refractivity contribution is 0.0996. The van der Waals surface area contributed by atoms with Crippen molar-refractivity contribution in [2.75, 3.05) is 5.32 Å². The van der Waals surface area contributed by atoms with Crippen molar-refractivity contribution in [1.82, 2.24) is 9.55 Å². The number of imidazole rings is 1. The first-order valence-corrected chi connectivity index (χ1v) is 5.94. The summed E-state index contributed by atoms with van der Waals surface area (Å²) in [7, 11) is 0. The molecule has 0 atom stereocenters. The second-order valence-electron chi connectivity index (χ2n) is 4.08. The number of nitrogens with two attached hydrogens (primary N) is 1. The van der Waals surface area contributed by atoms with Crippen LogP contribution in [0.1, 0.15) is 23.0 Å². The van der Waals surface area contributed by atoms with Gasteiger partial charge in [-0.25, -0.2) is 9.37 Å². The molecule has 2 rings (SSSR count). The van der Waals surface area contributed by atoms with Crippen LogP contribution < -0.4 is 11.1 Å². The average Bonchev–Trinajstić information content (AvgIpc) is 2.84. The summed E-state index contributed by atoms with van der Waals surface area (Å²) in [4.78, 5) is 15.1. The molecule has 19 heavy (non-hydrogen) atoms. The predicted octanol–water partition coefficient (Wildman–Crippen LogP) is 1.75. The van der Waals surface area contributed by atoms with Gasteiger partial charge in [-0.3, -0.25) is 4.79 Å². The number of anilines is 1. The van der Waals surface area contributed by atoms with Gasteiger partial charge in [-0.2, -0.15) is 0 Å². The zero-order chi connectivity index (χ0) is 13.8. The van der Waals surface area contributed by atoms with Crippen molar-refractivity contribution < 1.29 is 9.18 Å². The highest BCUT2D eigenvalue weighted by Gasteiger charge is 2.09. The summed E-state index contributed by atoms with van der Waals surface area (Å²) < 4.78 is 15.3. The SMILES string of the molecule is CCn1cncc1CNc1ccc(F)c(C(N)=O)c1. The molecule has 0 saturated carbocycles. The maximum absolute atomic E-state index is 13.3. The number of amides is 1. The molecule has 1 heterocycles. The smallest absolute Gasteiger partial charge is 0.251 e. The molecule has 0 aliphatic heterocycles. The van der Waals surface area contributed by atoms with E-state index in [2.05, 4.69) is 10.3 Å². The Labute approximate surface area is 110 Å². The van der Waals surface area contributed by atoms with Crippen LogP contribution in [0.15, 0.2) is 30.7 Å². The van der Waals surface area contributed by atoms with Gasteiger partial charge in [0, 0.05) is 18.4 Å². The van der Waals surface area contributed by atoms with Gasteiger partial charge < -0.3 is 15.6 Å². The molecular formula is C13H15FN4O. The third-order valence-corrected chi connectivity index (χ3v) is 2.84. The third kappa shape index (κ3) is 2.90. The van der Waals surface area contributed by atoms with Crippen molar-refractivity contribution in [3.63, 3.8) is 0 Å². The highest BCUT2D eigenvalue weighted by molar-refractivity contribution is 5.94. The van der Waals surface area contributed by atoms with E-state index in [0.29, 0.717) is 12.2 Å². The first-order valence-electron chi connectivity index (χ1n) is 5.94. The number of halogens is 1. The maximum atomic E-state index is 13.3. The fourth-order valence-corrected chi connectivity index (χ4v) is 1.80. The standard InChI is InChI=1S/C13H15FN4O/c1-2-18-8-16-6-10(18)7-17-9-3-4-12(14)11(5-9)13(15)19/h3-6,8,17H,2,7H2,1H3,(H2,15,19). The van der Waals surface area contributed by atoms with E-state index in [4.69, 9.17) is 5.73 Å². The van der Waals surface area contributed by atoms with Crippen LogP contribution in [-0.4, -0.2) is 15.5 Å². The minimum atomic E-state index is -0.778. The predicted molar refractivity (Wildman–Crippen MR) is 70.1 cm³/mol. The number of nitrogens with one attached hydrogen (secondary N) is 1. The Morgan fingerprint density at radius 1 is 1.53 bits per heavy atom. The molecule has 0 fully saturated rings. The Bertz CT molecular complexity index is 594. The molecule has 0 saturated heterocycles.